The number of nitriles is 1. The van der Waals surface area contributed by atoms with Crippen molar-refractivity contribution in [3.05, 3.63) is 35.6 Å². The smallest absolute Gasteiger partial charge is 0.331 e. The maximum absolute atomic E-state index is 12.9. The minimum absolute atomic E-state index is 0.0235. The molecule has 17 heavy (non-hydrogen) atoms. The highest BCUT2D eigenvalue weighted by Crippen LogP contribution is 2.11. The van der Waals surface area contributed by atoms with Crippen molar-refractivity contribution >= 4 is 11.8 Å². The second-order valence-corrected chi connectivity index (χ2v) is 3.19. The number of ether oxygens (including phenoxy) is 1. The van der Waals surface area contributed by atoms with Gasteiger partial charge in [-0.15, -0.1) is 0 Å². The fourth-order valence-corrected chi connectivity index (χ4v) is 1.25. The zero-order chi connectivity index (χ0) is 12.8. The molecule has 0 amide bonds. The molecule has 1 aromatic rings. The van der Waals surface area contributed by atoms with Crippen molar-refractivity contribution in [1.82, 2.24) is 0 Å². The zero-order valence-corrected chi connectivity index (χ0v) is 9.14. The van der Waals surface area contributed by atoms with Gasteiger partial charge in [0.25, 0.3) is 0 Å². The molecule has 4 nitrogen and oxygen atoms in total. The number of rotatable bonds is 4. The molecule has 0 aromatic heterocycles. The molecule has 5 heteroatoms. The molecule has 0 aliphatic heterocycles. The summed E-state index contributed by atoms with van der Waals surface area (Å²) in [6.07, 6.45) is 0. The Morgan fingerprint density at radius 3 is 2.76 bits per heavy atom. The van der Waals surface area contributed by atoms with Gasteiger partial charge in [-0.3, -0.25) is 9.59 Å². The van der Waals surface area contributed by atoms with E-state index in [2.05, 4.69) is 4.74 Å². The first-order valence-electron chi connectivity index (χ1n) is 4.96. The van der Waals surface area contributed by atoms with Gasteiger partial charge >= 0.3 is 5.97 Å². The molecular weight excluding hydrogens is 225 g/mol. The van der Waals surface area contributed by atoms with E-state index in [-0.39, 0.29) is 12.2 Å². The third-order valence-electron chi connectivity index (χ3n) is 2.02. The van der Waals surface area contributed by atoms with E-state index in [4.69, 9.17) is 5.26 Å². The maximum atomic E-state index is 12.9. The fourth-order valence-electron chi connectivity index (χ4n) is 1.25. The Morgan fingerprint density at radius 2 is 2.24 bits per heavy atom. The fraction of sp³-hybridized carbons (Fsp3) is 0.250. The van der Waals surface area contributed by atoms with E-state index >= 15 is 0 Å². The van der Waals surface area contributed by atoms with E-state index in [0.29, 0.717) is 0 Å². The van der Waals surface area contributed by atoms with Crippen LogP contribution in [0.15, 0.2) is 24.3 Å². The summed E-state index contributed by atoms with van der Waals surface area (Å²) in [5, 5.41) is 8.76. The number of hydrogen-bond donors (Lipinski definition) is 0. The first kappa shape index (κ1) is 12.8. The van der Waals surface area contributed by atoms with E-state index in [9.17, 15) is 14.0 Å². The Bertz CT molecular complexity index is 479. The zero-order valence-electron chi connectivity index (χ0n) is 9.14. The van der Waals surface area contributed by atoms with E-state index in [0.717, 1.165) is 6.07 Å². The summed E-state index contributed by atoms with van der Waals surface area (Å²) < 4.78 is 17.5. The number of carbonyl (C=O) groups excluding carboxylic acids is 2. The van der Waals surface area contributed by atoms with Crippen molar-refractivity contribution in [2.75, 3.05) is 6.61 Å². The molecule has 0 saturated heterocycles. The summed E-state index contributed by atoms with van der Waals surface area (Å²) in [7, 11) is 0. The number of Topliss-reactive ketones (excluding diaryl/α,β-unsaturated/α-hetero) is 1. The van der Waals surface area contributed by atoms with Crippen LogP contribution in [0.25, 0.3) is 0 Å². The van der Waals surface area contributed by atoms with Crippen LogP contribution in [0.2, 0.25) is 0 Å². The first-order valence-corrected chi connectivity index (χ1v) is 4.96. The molecule has 0 saturated carbocycles. The molecule has 0 heterocycles. The lowest BCUT2D eigenvalue weighted by Gasteiger charge is -2.07. The Kier molecular flexibility index (Phi) is 4.35. The largest absolute Gasteiger partial charge is 0.465 e. The van der Waals surface area contributed by atoms with Crippen LogP contribution in [0.5, 0.6) is 0 Å². The SMILES string of the molecule is CCOC(=O)C(C#N)C(=O)c1cccc(F)c1. The number of benzene rings is 1. The second-order valence-electron chi connectivity index (χ2n) is 3.19. The van der Waals surface area contributed by atoms with E-state index in [1.807, 2.05) is 0 Å². The van der Waals surface area contributed by atoms with E-state index in [1.54, 1.807) is 13.0 Å². The van der Waals surface area contributed by atoms with Crippen molar-refractivity contribution in [2.45, 2.75) is 6.92 Å². The lowest BCUT2D eigenvalue weighted by atomic mass is 9.99. The van der Waals surface area contributed by atoms with Crippen molar-refractivity contribution in [2.24, 2.45) is 5.92 Å². The van der Waals surface area contributed by atoms with Gasteiger partial charge in [0.1, 0.15) is 5.82 Å². The summed E-state index contributed by atoms with van der Waals surface area (Å²) in [5.41, 5.74) is -0.0235. The van der Waals surface area contributed by atoms with Gasteiger partial charge in [-0.05, 0) is 19.1 Å². The minimum Gasteiger partial charge on any atom is -0.465 e. The molecule has 88 valence electrons. The molecule has 0 aliphatic rings. The molecule has 0 radical (unpaired) electrons. The molecule has 0 aliphatic carbocycles. The number of esters is 1. The summed E-state index contributed by atoms with van der Waals surface area (Å²) >= 11 is 0. The van der Waals surface area contributed by atoms with E-state index in [1.165, 1.54) is 18.2 Å². The summed E-state index contributed by atoms with van der Waals surface area (Å²) in [6, 6.07) is 6.38. The second kappa shape index (κ2) is 5.75. The summed E-state index contributed by atoms with van der Waals surface area (Å²) in [4.78, 5) is 23.1. The Balaban J connectivity index is 2.95. The van der Waals surface area contributed by atoms with Gasteiger partial charge in [0.05, 0.1) is 12.7 Å². The minimum atomic E-state index is -1.54. The highest BCUT2D eigenvalue weighted by atomic mass is 19.1. The summed E-state index contributed by atoms with van der Waals surface area (Å²) in [5.74, 6) is -3.82. The molecule has 1 aromatic carbocycles. The standard InChI is InChI=1S/C12H10FNO3/c1-2-17-12(16)10(7-14)11(15)8-4-3-5-9(13)6-8/h3-6,10H,2H2,1H3. The van der Waals surface area contributed by atoms with Crippen molar-refractivity contribution in [3.63, 3.8) is 0 Å². The first-order chi connectivity index (χ1) is 8.10. The number of nitrogens with zero attached hydrogens (tertiary/aromatic N) is 1. The molecule has 0 fully saturated rings. The Labute approximate surface area is 97.6 Å². The highest BCUT2D eigenvalue weighted by Gasteiger charge is 2.28. The van der Waals surface area contributed by atoms with Gasteiger partial charge in [-0.2, -0.15) is 5.26 Å². The lowest BCUT2D eigenvalue weighted by molar-refractivity contribution is -0.144. The third-order valence-corrected chi connectivity index (χ3v) is 2.02. The average molecular weight is 235 g/mol. The average Bonchev–Trinajstić information content (AvgIpc) is 2.30. The molecule has 0 N–H and O–H groups in total. The number of halogens is 1. The van der Waals surface area contributed by atoms with Crippen LogP contribution in [-0.2, 0) is 9.53 Å². The van der Waals surface area contributed by atoms with Crippen LogP contribution in [0.1, 0.15) is 17.3 Å². The monoisotopic (exact) mass is 235 g/mol. The van der Waals surface area contributed by atoms with Gasteiger partial charge in [0.2, 0.25) is 5.92 Å². The summed E-state index contributed by atoms with van der Waals surface area (Å²) in [6.45, 7) is 1.65. The van der Waals surface area contributed by atoms with Gasteiger partial charge in [0, 0.05) is 5.56 Å². The normalized spacial score (nSPS) is 11.4. The van der Waals surface area contributed by atoms with Gasteiger partial charge < -0.3 is 4.74 Å². The van der Waals surface area contributed by atoms with Gasteiger partial charge in [-0.1, -0.05) is 12.1 Å². The number of hydrogen-bond acceptors (Lipinski definition) is 4. The van der Waals surface area contributed by atoms with Gasteiger partial charge in [0.15, 0.2) is 5.78 Å². The van der Waals surface area contributed by atoms with Crippen molar-refractivity contribution < 1.29 is 18.7 Å². The third kappa shape index (κ3) is 3.11. The van der Waals surface area contributed by atoms with E-state index < -0.39 is 23.5 Å². The van der Waals surface area contributed by atoms with Crippen LogP contribution in [-0.4, -0.2) is 18.4 Å². The molecular formula is C12H10FNO3. The molecule has 1 rings (SSSR count). The predicted octanol–water partition coefficient (Wildman–Crippen LogP) is 1.71. The van der Waals surface area contributed by atoms with Crippen LogP contribution in [0, 0.1) is 23.1 Å². The van der Waals surface area contributed by atoms with Crippen molar-refractivity contribution in [3.8, 4) is 6.07 Å². The predicted molar refractivity (Wildman–Crippen MR) is 56.5 cm³/mol. The van der Waals surface area contributed by atoms with Crippen LogP contribution in [0.4, 0.5) is 4.39 Å². The Hall–Kier alpha value is -2.22. The molecule has 0 bridgehead atoms. The number of carbonyl (C=O) groups is 2. The molecule has 1 atom stereocenters. The highest BCUT2D eigenvalue weighted by molar-refractivity contribution is 6.10. The van der Waals surface area contributed by atoms with Crippen molar-refractivity contribution in [1.29, 1.82) is 5.26 Å². The van der Waals surface area contributed by atoms with Gasteiger partial charge in [-0.25, -0.2) is 4.39 Å². The van der Waals surface area contributed by atoms with Crippen LogP contribution in [0.3, 0.4) is 0 Å². The van der Waals surface area contributed by atoms with Crippen LogP contribution >= 0.6 is 0 Å². The maximum Gasteiger partial charge on any atom is 0.331 e. The molecule has 1 unspecified atom stereocenters. The number of ketones is 1. The quantitative estimate of drug-likeness (QED) is 0.452. The lowest BCUT2D eigenvalue weighted by Crippen LogP contribution is -2.25. The van der Waals surface area contributed by atoms with Crippen LogP contribution < -0.4 is 0 Å². The Morgan fingerprint density at radius 1 is 1.53 bits per heavy atom. The topological polar surface area (TPSA) is 67.2 Å². The molecule has 0 spiro atoms.